The molecule has 0 spiro atoms. The quantitative estimate of drug-likeness (QED) is 0.866. The maximum absolute atomic E-state index is 12.0. The number of hydrogen-bond acceptors (Lipinski definition) is 2. The summed E-state index contributed by atoms with van der Waals surface area (Å²) in [5.41, 5.74) is 3.59. The third-order valence-electron chi connectivity index (χ3n) is 4.35. The zero-order chi connectivity index (χ0) is 13.9. The van der Waals surface area contributed by atoms with Gasteiger partial charge in [-0.2, -0.15) is 5.26 Å². The van der Waals surface area contributed by atoms with Gasteiger partial charge < -0.3 is 10.6 Å². The number of carbonyl (C=O) groups excluding carboxylic acids is 1. The Morgan fingerprint density at radius 3 is 2.90 bits per heavy atom. The number of carbonyl (C=O) groups is 1. The van der Waals surface area contributed by atoms with E-state index in [1.807, 2.05) is 6.07 Å². The summed E-state index contributed by atoms with van der Waals surface area (Å²) in [6.45, 7) is 0. The SMILES string of the molecule is N#C[C@@H]1CCC[C@@H]1NC(=O)Nc1ccc2c(c1)CCC2. The standard InChI is InChI=1S/C16H19N3O/c17-10-13-5-2-6-15(13)19-16(20)18-14-8-7-11-3-1-4-12(11)9-14/h7-9,13,15H,1-6H2,(H2,18,19,20)/t13-,15-/m0/s1. The van der Waals surface area contributed by atoms with Crippen LogP contribution >= 0.6 is 0 Å². The zero-order valence-corrected chi connectivity index (χ0v) is 11.5. The molecule has 2 N–H and O–H groups in total. The summed E-state index contributed by atoms with van der Waals surface area (Å²) in [6, 6.07) is 8.20. The van der Waals surface area contributed by atoms with Crippen LogP contribution in [0.5, 0.6) is 0 Å². The molecule has 2 atom stereocenters. The van der Waals surface area contributed by atoms with Crippen molar-refractivity contribution in [1.29, 1.82) is 5.26 Å². The predicted molar refractivity (Wildman–Crippen MR) is 77.4 cm³/mol. The van der Waals surface area contributed by atoms with Crippen molar-refractivity contribution in [3.63, 3.8) is 0 Å². The minimum absolute atomic E-state index is 0.00516. The lowest BCUT2D eigenvalue weighted by Crippen LogP contribution is -2.39. The average Bonchev–Trinajstić information content (AvgIpc) is 3.06. The molecule has 1 saturated carbocycles. The molecule has 4 heteroatoms. The molecule has 0 heterocycles. The van der Waals surface area contributed by atoms with Crippen LogP contribution in [0, 0.1) is 17.2 Å². The number of rotatable bonds is 2. The van der Waals surface area contributed by atoms with E-state index in [0.717, 1.165) is 37.8 Å². The van der Waals surface area contributed by atoms with Crippen molar-refractivity contribution in [2.24, 2.45) is 5.92 Å². The third-order valence-corrected chi connectivity index (χ3v) is 4.35. The van der Waals surface area contributed by atoms with Crippen LogP contribution < -0.4 is 10.6 Å². The molecule has 0 aromatic heterocycles. The fraction of sp³-hybridized carbons (Fsp3) is 0.500. The third kappa shape index (κ3) is 2.62. The summed E-state index contributed by atoms with van der Waals surface area (Å²) in [5, 5.41) is 14.8. The first-order valence-electron chi connectivity index (χ1n) is 7.35. The van der Waals surface area contributed by atoms with Gasteiger partial charge in [-0.3, -0.25) is 0 Å². The number of benzene rings is 1. The highest BCUT2D eigenvalue weighted by Crippen LogP contribution is 2.26. The number of nitrogens with one attached hydrogen (secondary N) is 2. The molecule has 2 aliphatic carbocycles. The van der Waals surface area contributed by atoms with Gasteiger partial charge in [0.2, 0.25) is 0 Å². The van der Waals surface area contributed by atoms with Gasteiger partial charge in [-0.05, 0) is 61.8 Å². The molecule has 4 nitrogen and oxygen atoms in total. The fourth-order valence-electron chi connectivity index (χ4n) is 3.27. The average molecular weight is 269 g/mol. The highest BCUT2D eigenvalue weighted by molar-refractivity contribution is 5.89. The molecular formula is C16H19N3O. The second kappa shape index (κ2) is 5.54. The summed E-state index contributed by atoms with van der Waals surface area (Å²) in [5.74, 6) is -0.0410. The molecule has 0 saturated heterocycles. The maximum atomic E-state index is 12.0. The van der Waals surface area contributed by atoms with Gasteiger partial charge >= 0.3 is 6.03 Å². The number of nitriles is 1. The van der Waals surface area contributed by atoms with Gasteiger partial charge in [-0.1, -0.05) is 6.07 Å². The van der Waals surface area contributed by atoms with Gasteiger partial charge in [0.15, 0.2) is 0 Å². The highest BCUT2D eigenvalue weighted by Gasteiger charge is 2.28. The van der Waals surface area contributed by atoms with E-state index in [1.165, 1.54) is 17.5 Å². The summed E-state index contributed by atoms with van der Waals surface area (Å²) in [7, 11) is 0. The van der Waals surface area contributed by atoms with Gasteiger partial charge in [0.05, 0.1) is 12.0 Å². The van der Waals surface area contributed by atoms with E-state index >= 15 is 0 Å². The van der Waals surface area contributed by atoms with Gasteiger partial charge in [0.1, 0.15) is 0 Å². The van der Waals surface area contributed by atoms with Crippen molar-refractivity contribution in [3.8, 4) is 6.07 Å². The topological polar surface area (TPSA) is 64.9 Å². The van der Waals surface area contributed by atoms with Crippen molar-refractivity contribution in [3.05, 3.63) is 29.3 Å². The molecule has 2 aliphatic rings. The van der Waals surface area contributed by atoms with E-state index in [1.54, 1.807) is 0 Å². The molecule has 1 aromatic rings. The van der Waals surface area contributed by atoms with E-state index in [9.17, 15) is 4.79 Å². The van der Waals surface area contributed by atoms with Gasteiger partial charge in [-0.15, -0.1) is 0 Å². The molecule has 104 valence electrons. The summed E-state index contributed by atoms with van der Waals surface area (Å²) < 4.78 is 0. The number of anilines is 1. The first-order valence-corrected chi connectivity index (χ1v) is 7.35. The smallest absolute Gasteiger partial charge is 0.319 e. The number of fused-ring (bicyclic) bond motifs is 1. The van der Waals surface area contributed by atoms with Gasteiger partial charge in [0.25, 0.3) is 0 Å². The number of amides is 2. The van der Waals surface area contributed by atoms with Crippen molar-refractivity contribution >= 4 is 11.7 Å². The normalized spacial score (nSPS) is 23.9. The highest BCUT2D eigenvalue weighted by atomic mass is 16.2. The lowest BCUT2D eigenvalue weighted by molar-refractivity contribution is 0.247. The van der Waals surface area contributed by atoms with Gasteiger partial charge in [0, 0.05) is 11.7 Å². The summed E-state index contributed by atoms with van der Waals surface area (Å²) in [4.78, 5) is 12.0. The molecule has 3 rings (SSSR count). The minimum Gasteiger partial charge on any atom is -0.334 e. The van der Waals surface area contributed by atoms with Crippen molar-refractivity contribution < 1.29 is 4.79 Å². The van der Waals surface area contributed by atoms with Crippen LogP contribution in [-0.4, -0.2) is 12.1 Å². The van der Waals surface area contributed by atoms with Crippen molar-refractivity contribution in [2.75, 3.05) is 5.32 Å². The van der Waals surface area contributed by atoms with E-state index in [-0.39, 0.29) is 18.0 Å². The summed E-state index contributed by atoms with van der Waals surface area (Å²) in [6.07, 6.45) is 6.26. The van der Waals surface area contributed by atoms with E-state index in [0.29, 0.717) is 0 Å². The maximum Gasteiger partial charge on any atom is 0.319 e. The first kappa shape index (κ1) is 13.0. The number of urea groups is 1. The van der Waals surface area contributed by atoms with Crippen molar-refractivity contribution in [1.82, 2.24) is 5.32 Å². The molecule has 0 unspecified atom stereocenters. The zero-order valence-electron chi connectivity index (χ0n) is 11.5. The molecule has 0 bridgehead atoms. The largest absolute Gasteiger partial charge is 0.334 e. The molecule has 1 aromatic carbocycles. The number of hydrogen-bond donors (Lipinski definition) is 2. The first-order chi connectivity index (χ1) is 9.76. The molecule has 20 heavy (non-hydrogen) atoms. The Morgan fingerprint density at radius 1 is 1.20 bits per heavy atom. The Bertz CT molecular complexity index is 561. The predicted octanol–water partition coefficient (Wildman–Crippen LogP) is 2.99. The Balaban J connectivity index is 1.60. The van der Waals surface area contributed by atoms with Crippen LogP contribution in [0.1, 0.15) is 36.8 Å². The Hall–Kier alpha value is -2.02. The lowest BCUT2D eigenvalue weighted by atomic mass is 10.1. The van der Waals surface area contributed by atoms with Crippen LogP contribution in [0.25, 0.3) is 0 Å². The lowest BCUT2D eigenvalue weighted by Gasteiger charge is -2.16. The minimum atomic E-state index is -0.199. The van der Waals surface area contributed by atoms with Crippen LogP contribution in [0.15, 0.2) is 18.2 Å². The van der Waals surface area contributed by atoms with Crippen LogP contribution in [-0.2, 0) is 12.8 Å². The second-order valence-corrected chi connectivity index (χ2v) is 5.71. The van der Waals surface area contributed by atoms with Crippen LogP contribution in [0.4, 0.5) is 10.5 Å². The molecule has 0 radical (unpaired) electrons. The summed E-state index contributed by atoms with van der Waals surface area (Å²) >= 11 is 0. The molecular weight excluding hydrogens is 250 g/mol. The van der Waals surface area contributed by atoms with E-state index in [2.05, 4.69) is 28.8 Å². The van der Waals surface area contributed by atoms with E-state index < -0.39 is 0 Å². The molecule has 0 aliphatic heterocycles. The Morgan fingerprint density at radius 2 is 2.05 bits per heavy atom. The van der Waals surface area contributed by atoms with Gasteiger partial charge in [-0.25, -0.2) is 4.79 Å². The molecule has 2 amide bonds. The fourth-order valence-corrected chi connectivity index (χ4v) is 3.27. The Kier molecular flexibility index (Phi) is 3.60. The monoisotopic (exact) mass is 269 g/mol. The van der Waals surface area contributed by atoms with Crippen molar-refractivity contribution in [2.45, 2.75) is 44.6 Å². The molecule has 1 fully saturated rings. The number of aryl methyl sites for hydroxylation is 2. The van der Waals surface area contributed by atoms with E-state index in [4.69, 9.17) is 5.26 Å². The second-order valence-electron chi connectivity index (χ2n) is 5.71. The Labute approximate surface area is 119 Å². The van der Waals surface area contributed by atoms with Crippen LogP contribution in [0.3, 0.4) is 0 Å². The van der Waals surface area contributed by atoms with Crippen LogP contribution in [0.2, 0.25) is 0 Å². The number of nitrogens with zero attached hydrogens (tertiary/aromatic N) is 1.